The van der Waals surface area contributed by atoms with Crippen molar-refractivity contribution in [2.75, 3.05) is 6.54 Å². The number of aliphatic carboxylic acids is 2. The molecule has 158 valence electrons. The second-order valence-corrected chi connectivity index (χ2v) is 5.89. The third-order valence-electron chi connectivity index (χ3n) is 3.53. The van der Waals surface area contributed by atoms with E-state index in [1.165, 1.54) is 6.92 Å². The highest BCUT2D eigenvalue weighted by Crippen LogP contribution is 2.03. The molecule has 0 aromatic rings. The predicted octanol–water partition coefficient (Wildman–Crippen LogP) is -3.37. The SMILES string of the molecule is CC(NC(=O)CN)C(=O)NC(CCC(N)=O)C(=O)NC(CCC(=O)O)C(=O)O. The summed E-state index contributed by atoms with van der Waals surface area (Å²) in [5, 5.41) is 24.4. The maximum atomic E-state index is 12.4. The van der Waals surface area contributed by atoms with Crippen molar-refractivity contribution in [3.8, 4) is 0 Å². The first-order valence-corrected chi connectivity index (χ1v) is 8.31. The van der Waals surface area contributed by atoms with Crippen molar-refractivity contribution in [2.24, 2.45) is 11.5 Å². The minimum atomic E-state index is -1.51. The van der Waals surface area contributed by atoms with Gasteiger partial charge < -0.3 is 37.6 Å². The molecule has 28 heavy (non-hydrogen) atoms. The number of amides is 4. The largest absolute Gasteiger partial charge is 0.481 e. The minimum Gasteiger partial charge on any atom is -0.481 e. The van der Waals surface area contributed by atoms with Crippen molar-refractivity contribution in [3.05, 3.63) is 0 Å². The molecule has 0 aromatic carbocycles. The zero-order valence-corrected chi connectivity index (χ0v) is 15.3. The summed E-state index contributed by atoms with van der Waals surface area (Å²) in [6.07, 6.45) is -1.39. The van der Waals surface area contributed by atoms with Gasteiger partial charge in [0.2, 0.25) is 23.6 Å². The Bertz CT molecular complexity index is 624. The number of primary amides is 1. The van der Waals surface area contributed by atoms with Gasteiger partial charge in [-0.25, -0.2) is 4.79 Å². The summed E-state index contributed by atoms with van der Waals surface area (Å²) < 4.78 is 0. The molecule has 0 saturated carbocycles. The Morgan fingerprint density at radius 3 is 1.86 bits per heavy atom. The Labute approximate surface area is 160 Å². The quantitative estimate of drug-likeness (QED) is 0.162. The van der Waals surface area contributed by atoms with Crippen molar-refractivity contribution >= 4 is 35.6 Å². The molecule has 0 aliphatic carbocycles. The molecule has 3 unspecified atom stereocenters. The predicted molar refractivity (Wildman–Crippen MR) is 93.5 cm³/mol. The van der Waals surface area contributed by atoms with Gasteiger partial charge in [-0.15, -0.1) is 0 Å². The van der Waals surface area contributed by atoms with E-state index in [-0.39, 0.29) is 25.8 Å². The summed E-state index contributed by atoms with van der Waals surface area (Å²) in [6, 6.07) is -3.89. The third-order valence-corrected chi connectivity index (χ3v) is 3.53. The molecule has 3 atom stereocenters. The van der Waals surface area contributed by atoms with Gasteiger partial charge in [0.1, 0.15) is 18.1 Å². The highest BCUT2D eigenvalue weighted by molar-refractivity contribution is 5.93. The molecular formula is C15H25N5O8. The number of carbonyl (C=O) groups is 6. The number of hydrogen-bond acceptors (Lipinski definition) is 7. The van der Waals surface area contributed by atoms with E-state index in [1.807, 2.05) is 0 Å². The number of carboxylic acids is 2. The van der Waals surface area contributed by atoms with Gasteiger partial charge in [-0.05, 0) is 19.8 Å². The molecule has 4 amide bonds. The minimum absolute atomic E-state index is 0.226. The number of hydrogen-bond donors (Lipinski definition) is 7. The van der Waals surface area contributed by atoms with E-state index < -0.39 is 60.1 Å². The summed E-state index contributed by atoms with van der Waals surface area (Å²) in [7, 11) is 0. The van der Waals surface area contributed by atoms with Crippen molar-refractivity contribution < 1.29 is 39.0 Å². The molecule has 0 saturated heterocycles. The van der Waals surface area contributed by atoms with Crippen LogP contribution in [-0.2, 0) is 28.8 Å². The first-order valence-electron chi connectivity index (χ1n) is 8.31. The Balaban J connectivity index is 5.13. The second-order valence-electron chi connectivity index (χ2n) is 5.89. The maximum Gasteiger partial charge on any atom is 0.326 e. The normalized spacial score (nSPS) is 13.5. The lowest BCUT2D eigenvalue weighted by atomic mass is 10.1. The molecule has 9 N–H and O–H groups in total. The van der Waals surface area contributed by atoms with E-state index in [1.54, 1.807) is 0 Å². The van der Waals surface area contributed by atoms with Gasteiger partial charge in [-0.3, -0.25) is 24.0 Å². The Hall–Kier alpha value is -3.22. The van der Waals surface area contributed by atoms with Crippen LogP contribution < -0.4 is 27.4 Å². The Morgan fingerprint density at radius 1 is 0.857 bits per heavy atom. The van der Waals surface area contributed by atoms with Gasteiger partial charge in [0.05, 0.1) is 6.54 Å². The van der Waals surface area contributed by atoms with E-state index in [0.717, 1.165) is 0 Å². The summed E-state index contributed by atoms with van der Waals surface area (Å²) in [5.74, 6) is -5.78. The van der Waals surface area contributed by atoms with Crippen molar-refractivity contribution in [1.29, 1.82) is 0 Å². The maximum absolute atomic E-state index is 12.4. The molecule has 0 heterocycles. The summed E-state index contributed by atoms with van der Waals surface area (Å²) in [5.41, 5.74) is 10.2. The van der Waals surface area contributed by atoms with Crippen LogP contribution in [-0.4, -0.2) is 70.5 Å². The fourth-order valence-corrected chi connectivity index (χ4v) is 2.02. The van der Waals surface area contributed by atoms with Crippen LogP contribution in [0.2, 0.25) is 0 Å². The van der Waals surface area contributed by atoms with E-state index in [4.69, 9.17) is 21.7 Å². The van der Waals surface area contributed by atoms with Crippen LogP contribution in [0.4, 0.5) is 0 Å². The highest BCUT2D eigenvalue weighted by Gasteiger charge is 2.28. The Morgan fingerprint density at radius 2 is 1.39 bits per heavy atom. The second kappa shape index (κ2) is 12.2. The molecule has 13 heteroatoms. The summed E-state index contributed by atoms with van der Waals surface area (Å²) >= 11 is 0. The fraction of sp³-hybridized carbons (Fsp3) is 0.600. The Kier molecular flexibility index (Phi) is 10.8. The number of rotatable bonds is 13. The van der Waals surface area contributed by atoms with Crippen molar-refractivity contribution in [3.63, 3.8) is 0 Å². The van der Waals surface area contributed by atoms with Crippen molar-refractivity contribution in [2.45, 2.75) is 50.7 Å². The van der Waals surface area contributed by atoms with Crippen LogP contribution in [0, 0.1) is 0 Å². The molecule has 0 radical (unpaired) electrons. The highest BCUT2D eigenvalue weighted by atomic mass is 16.4. The zero-order chi connectivity index (χ0) is 21.9. The molecule has 0 aromatic heterocycles. The first-order chi connectivity index (χ1) is 13.0. The molecule has 0 bridgehead atoms. The van der Waals surface area contributed by atoms with E-state index in [9.17, 15) is 28.8 Å². The van der Waals surface area contributed by atoms with E-state index >= 15 is 0 Å². The molecule has 0 aliphatic rings. The number of carboxylic acid groups (broad SMARTS) is 2. The van der Waals surface area contributed by atoms with Crippen LogP contribution >= 0.6 is 0 Å². The van der Waals surface area contributed by atoms with Gasteiger partial charge in [-0.2, -0.15) is 0 Å². The molecule has 13 nitrogen and oxygen atoms in total. The van der Waals surface area contributed by atoms with E-state index in [2.05, 4.69) is 16.0 Å². The van der Waals surface area contributed by atoms with Gasteiger partial charge in [-0.1, -0.05) is 0 Å². The average Bonchev–Trinajstić information content (AvgIpc) is 2.60. The molecule has 0 aliphatic heterocycles. The number of nitrogens with one attached hydrogen (secondary N) is 3. The lowest BCUT2D eigenvalue weighted by molar-refractivity contribution is -0.143. The van der Waals surface area contributed by atoms with Crippen LogP contribution in [0.1, 0.15) is 32.6 Å². The van der Waals surface area contributed by atoms with Crippen LogP contribution in [0.5, 0.6) is 0 Å². The first kappa shape index (κ1) is 24.8. The molecule has 0 fully saturated rings. The fourth-order valence-electron chi connectivity index (χ4n) is 2.02. The lowest BCUT2D eigenvalue weighted by Crippen LogP contribution is -2.55. The monoisotopic (exact) mass is 403 g/mol. The number of carbonyl (C=O) groups excluding carboxylic acids is 4. The smallest absolute Gasteiger partial charge is 0.326 e. The molecule has 0 rings (SSSR count). The van der Waals surface area contributed by atoms with Gasteiger partial charge in [0, 0.05) is 12.8 Å². The summed E-state index contributed by atoms with van der Waals surface area (Å²) in [4.78, 5) is 68.5. The molecular weight excluding hydrogens is 378 g/mol. The van der Waals surface area contributed by atoms with Gasteiger partial charge >= 0.3 is 11.9 Å². The van der Waals surface area contributed by atoms with Crippen LogP contribution in [0.25, 0.3) is 0 Å². The van der Waals surface area contributed by atoms with Crippen LogP contribution in [0.3, 0.4) is 0 Å². The number of nitrogens with two attached hydrogens (primary N) is 2. The van der Waals surface area contributed by atoms with Crippen LogP contribution in [0.15, 0.2) is 0 Å². The van der Waals surface area contributed by atoms with Crippen molar-refractivity contribution in [1.82, 2.24) is 16.0 Å². The zero-order valence-electron chi connectivity index (χ0n) is 15.3. The lowest BCUT2D eigenvalue weighted by Gasteiger charge is -2.22. The van der Waals surface area contributed by atoms with Gasteiger partial charge in [0.25, 0.3) is 0 Å². The van der Waals surface area contributed by atoms with Gasteiger partial charge in [0.15, 0.2) is 0 Å². The average molecular weight is 403 g/mol. The molecule has 0 spiro atoms. The third kappa shape index (κ3) is 10.1. The summed E-state index contributed by atoms with van der Waals surface area (Å²) in [6.45, 7) is 0.978. The standard InChI is InChI=1S/C15H25N5O8/c1-7(18-11(22)6-16)13(25)19-8(2-4-10(17)21)14(26)20-9(15(27)28)3-5-12(23)24/h7-9H,2-6,16H2,1H3,(H2,17,21)(H,18,22)(H,19,25)(H,20,26)(H,23,24)(H,27,28). The van der Waals surface area contributed by atoms with E-state index in [0.29, 0.717) is 0 Å². The topological polar surface area (TPSA) is 231 Å².